The molecule has 1 saturated heterocycles. The highest BCUT2D eigenvalue weighted by molar-refractivity contribution is 7.89. The fourth-order valence-electron chi connectivity index (χ4n) is 3.00. The zero-order valence-corrected chi connectivity index (χ0v) is 14.0. The minimum atomic E-state index is -3.75. The van der Waals surface area contributed by atoms with Crippen LogP contribution in [0.4, 0.5) is 10.1 Å². The van der Waals surface area contributed by atoms with Gasteiger partial charge in [0.25, 0.3) is 0 Å². The summed E-state index contributed by atoms with van der Waals surface area (Å²) in [5.74, 6) is -0.229. The third-order valence-corrected chi connectivity index (χ3v) is 5.14. The number of nitrogens with zero attached hydrogens (tertiary/aromatic N) is 2. The highest BCUT2D eigenvalue weighted by atomic mass is 32.2. The molecular formula is C17H20FN3O2S. The molecule has 2 aromatic carbocycles. The second-order valence-electron chi connectivity index (χ2n) is 5.91. The average Bonchev–Trinajstić information content (AvgIpc) is 2.55. The first-order valence-corrected chi connectivity index (χ1v) is 9.32. The first-order chi connectivity index (χ1) is 11.4. The molecule has 1 heterocycles. The number of para-hydroxylation sites is 1. The smallest absolute Gasteiger partial charge is 0.240 e. The van der Waals surface area contributed by atoms with E-state index in [2.05, 4.69) is 4.90 Å². The van der Waals surface area contributed by atoms with Gasteiger partial charge >= 0.3 is 0 Å². The van der Waals surface area contributed by atoms with E-state index >= 15 is 0 Å². The molecule has 0 unspecified atom stereocenters. The second kappa shape index (κ2) is 6.88. The van der Waals surface area contributed by atoms with Gasteiger partial charge in [-0.15, -0.1) is 0 Å². The lowest BCUT2D eigenvalue weighted by molar-refractivity contribution is 0.249. The first kappa shape index (κ1) is 16.9. The normalized spacial score (nSPS) is 16.3. The topological polar surface area (TPSA) is 66.6 Å². The maximum atomic E-state index is 13.3. The van der Waals surface area contributed by atoms with Gasteiger partial charge in [0.05, 0.1) is 5.69 Å². The molecule has 0 aliphatic carbocycles. The van der Waals surface area contributed by atoms with Gasteiger partial charge in [0, 0.05) is 32.7 Å². The Morgan fingerprint density at radius 1 is 1.00 bits per heavy atom. The maximum absolute atomic E-state index is 13.3. The summed E-state index contributed by atoms with van der Waals surface area (Å²) in [6, 6.07) is 13.4. The number of piperazine rings is 1. The number of nitrogens with two attached hydrogens (primary N) is 1. The Kier molecular flexibility index (Phi) is 4.84. The lowest BCUT2D eigenvalue weighted by Crippen LogP contribution is -2.46. The van der Waals surface area contributed by atoms with Crippen LogP contribution in [0.3, 0.4) is 0 Å². The summed E-state index contributed by atoms with van der Waals surface area (Å²) in [5.41, 5.74) is 1.58. The molecule has 0 aromatic heterocycles. The Morgan fingerprint density at radius 2 is 1.71 bits per heavy atom. The predicted octanol–water partition coefficient (Wildman–Crippen LogP) is 1.80. The number of primary sulfonamides is 1. The summed E-state index contributed by atoms with van der Waals surface area (Å²) >= 11 is 0. The average molecular weight is 349 g/mol. The number of rotatable bonds is 4. The molecule has 1 fully saturated rings. The fraction of sp³-hybridized carbons (Fsp3) is 0.294. The molecule has 3 rings (SSSR count). The van der Waals surface area contributed by atoms with Gasteiger partial charge in [0.1, 0.15) is 10.7 Å². The molecule has 0 amide bonds. The molecule has 128 valence electrons. The molecule has 5 nitrogen and oxygen atoms in total. The van der Waals surface area contributed by atoms with Crippen molar-refractivity contribution >= 4 is 15.7 Å². The number of halogens is 1. The highest BCUT2D eigenvalue weighted by Gasteiger charge is 2.22. The van der Waals surface area contributed by atoms with Gasteiger partial charge in [0.2, 0.25) is 10.0 Å². The Balaban J connectivity index is 1.68. The lowest BCUT2D eigenvalue weighted by atomic mass is 10.2. The summed E-state index contributed by atoms with van der Waals surface area (Å²) in [5, 5.41) is 5.31. The van der Waals surface area contributed by atoms with E-state index in [0.717, 1.165) is 18.7 Å². The van der Waals surface area contributed by atoms with Gasteiger partial charge in [-0.25, -0.2) is 17.9 Å². The van der Waals surface area contributed by atoms with E-state index in [9.17, 15) is 12.8 Å². The SMILES string of the molecule is NS(=O)(=O)c1ccccc1N1CCN(Cc2cccc(F)c2)CC1. The van der Waals surface area contributed by atoms with Gasteiger partial charge < -0.3 is 4.90 Å². The maximum Gasteiger partial charge on any atom is 0.240 e. The zero-order valence-electron chi connectivity index (χ0n) is 13.2. The van der Waals surface area contributed by atoms with E-state index in [1.165, 1.54) is 12.1 Å². The molecule has 0 radical (unpaired) electrons. The minimum Gasteiger partial charge on any atom is -0.368 e. The summed E-state index contributed by atoms with van der Waals surface area (Å²) in [6.45, 7) is 3.62. The predicted molar refractivity (Wildman–Crippen MR) is 91.7 cm³/mol. The van der Waals surface area contributed by atoms with E-state index in [1.807, 2.05) is 17.0 Å². The number of hydrogen-bond acceptors (Lipinski definition) is 4. The quantitative estimate of drug-likeness (QED) is 0.914. The molecule has 24 heavy (non-hydrogen) atoms. The largest absolute Gasteiger partial charge is 0.368 e. The molecule has 0 atom stereocenters. The van der Waals surface area contributed by atoms with Crippen molar-refractivity contribution in [2.75, 3.05) is 31.1 Å². The third-order valence-electron chi connectivity index (χ3n) is 4.18. The molecule has 2 N–H and O–H groups in total. The van der Waals surface area contributed by atoms with Crippen LogP contribution in [0.2, 0.25) is 0 Å². The standard InChI is InChI=1S/C17H20FN3O2S/c18-15-5-3-4-14(12-15)13-20-8-10-21(11-9-20)16-6-1-2-7-17(16)24(19,22)23/h1-7,12H,8-11,13H2,(H2,19,22,23). The van der Waals surface area contributed by atoms with E-state index in [4.69, 9.17) is 5.14 Å². The lowest BCUT2D eigenvalue weighted by Gasteiger charge is -2.36. The van der Waals surface area contributed by atoms with Crippen molar-refractivity contribution in [1.29, 1.82) is 0 Å². The highest BCUT2D eigenvalue weighted by Crippen LogP contribution is 2.25. The molecular weight excluding hydrogens is 329 g/mol. The number of hydrogen-bond donors (Lipinski definition) is 1. The van der Waals surface area contributed by atoms with Crippen LogP contribution in [0.1, 0.15) is 5.56 Å². The molecule has 2 aromatic rings. The van der Waals surface area contributed by atoms with E-state index in [0.29, 0.717) is 25.3 Å². The molecule has 1 aliphatic heterocycles. The Morgan fingerprint density at radius 3 is 2.38 bits per heavy atom. The monoisotopic (exact) mass is 349 g/mol. The Labute approximate surface area is 141 Å². The van der Waals surface area contributed by atoms with Crippen LogP contribution in [0.15, 0.2) is 53.4 Å². The van der Waals surface area contributed by atoms with Crippen molar-refractivity contribution in [2.45, 2.75) is 11.4 Å². The Hall–Kier alpha value is -1.96. The van der Waals surface area contributed by atoms with Gasteiger partial charge in [-0.3, -0.25) is 4.90 Å². The van der Waals surface area contributed by atoms with Crippen LogP contribution < -0.4 is 10.0 Å². The summed E-state index contributed by atoms with van der Waals surface area (Å²) in [6.07, 6.45) is 0. The first-order valence-electron chi connectivity index (χ1n) is 7.77. The van der Waals surface area contributed by atoms with Gasteiger partial charge in [-0.05, 0) is 29.8 Å². The van der Waals surface area contributed by atoms with E-state index < -0.39 is 10.0 Å². The van der Waals surface area contributed by atoms with Crippen LogP contribution in [0, 0.1) is 5.82 Å². The third kappa shape index (κ3) is 3.92. The molecule has 1 aliphatic rings. The van der Waals surface area contributed by atoms with Crippen LogP contribution in [0.5, 0.6) is 0 Å². The van der Waals surface area contributed by atoms with Crippen molar-refractivity contribution in [3.05, 3.63) is 59.9 Å². The van der Waals surface area contributed by atoms with Crippen LogP contribution in [-0.2, 0) is 16.6 Å². The number of anilines is 1. The van der Waals surface area contributed by atoms with E-state index in [1.54, 1.807) is 24.3 Å². The van der Waals surface area contributed by atoms with Crippen LogP contribution in [-0.4, -0.2) is 39.5 Å². The van der Waals surface area contributed by atoms with Gasteiger partial charge in [0.15, 0.2) is 0 Å². The minimum absolute atomic E-state index is 0.156. The van der Waals surface area contributed by atoms with Crippen molar-refractivity contribution < 1.29 is 12.8 Å². The number of sulfonamides is 1. The zero-order chi connectivity index (χ0) is 17.2. The molecule has 7 heteroatoms. The summed E-state index contributed by atoms with van der Waals surface area (Å²) in [4.78, 5) is 4.41. The van der Waals surface area contributed by atoms with Crippen LogP contribution >= 0.6 is 0 Å². The fourth-order valence-corrected chi connectivity index (χ4v) is 3.76. The second-order valence-corrected chi connectivity index (χ2v) is 7.44. The molecule has 0 spiro atoms. The van der Waals surface area contributed by atoms with Gasteiger partial charge in [-0.1, -0.05) is 24.3 Å². The van der Waals surface area contributed by atoms with Crippen molar-refractivity contribution in [2.24, 2.45) is 5.14 Å². The summed E-state index contributed by atoms with van der Waals surface area (Å²) < 4.78 is 36.7. The number of benzene rings is 2. The van der Waals surface area contributed by atoms with Crippen molar-refractivity contribution in [1.82, 2.24) is 4.90 Å². The molecule has 0 saturated carbocycles. The summed E-state index contributed by atoms with van der Waals surface area (Å²) in [7, 11) is -3.75. The van der Waals surface area contributed by atoms with E-state index in [-0.39, 0.29) is 10.7 Å². The van der Waals surface area contributed by atoms with Crippen molar-refractivity contribution in [3.8, 4) is 0 Å². The Bertz CT molecular complexity index is 818. The molecule has 0 bridgehead atoms. The van der Waals surface area contributed by atoms with Gasteiger partial charge in [-0.2, -0.15) is 0 Å². The van der Waals surface area contributed by atoms with Crippen LogP contribution in [0.25, 0.3) is 0 Å². The van der Waals surface area contributed by atoms with Crippen molar-refractivity contribution in [3.63, 3.8) is 0 Å².